The number of esters is 1. The Bertz CT molecular complexity index is 945. The fourth-order valence-corrected chi connectivity index (χ4v) is 2.86. The summed E-state index contributed by atoms with van der Waals surface area (Å²) in [5.41, 5.74) is 7.99. The Labute approximate surface area is 148 Å². The SMILES string of the molecule is CCOC(=O)c1cnc(N)c2nc(-c3ccc(Cl)cc3Cl)ccc12. The lowest BCUT2D eigenvalue weighted by molar-refractivity contribution is 0.0528. The highest BCUT2D eigenvalue weighted by molar-refractivity contribution is 6.36. The first kappa shape index (κ1) is 16.5. The number of carbonyl (C=O) groups excluding carboxylic acids is 1. The summed E-state index contributed by atoms with van der Waals surface area (Å²) in [6.45, 7) is 2.01. The Balaban J connectivity index is 2.18. The maximum atomic E-state index is 12.0. The number of anilines is 1. The van der Waals surface area contributed by atoms with E-state index in [-0.39, 0.29) is 12.4 Å². The molecule has 24 heavy (non-hydrogen) atoms. The third kappa shape index (κ3) is 3.00. The van der Waals surface area contributed by atoms with Gasteiger partial charge in [0, 0.05) is 22.2 Å². The van der Waals surface area contributed by atoms with E-state index >= 15 is 0 Å². The number of nitrogens with zero attached hydrogens (tertiary/aromatic N) is 2. The maximum absolute atomic E-state index is 12.0. The van der Waals surface area contributed by atoms with E-state index in [0.29, 0.717) is 37.8 Å². The molecule has 2 aromatic heterocycles. The second kappa shape index (κ2) is 6.63. The molecule has 3 rings (SSSR count). The first-order chi connectivity index (χ1) is 11.5. The molecule has 0 fully saturated rings. The van der Waals surface area contributed by atoms with Gasteiger partial charge < -0.3 is 10.5 Å². The van der Waals surface area contributed by atoms with Crippen LogP contribution in [0.2, 0.25) is 10.0 Å². The molecule has 0 spiro atoms. The van der Waals surface area contributed by atoms with Gasteiger partial charge in [-0.15, -0.1) is 0 Å². The predicted octanol–water partition coefficient (Wildman–Crippen LogP) is 4.36. The zero-order chi connectivity index (χ0) is 17.3. The number of hydrogen-bond acceptors (Lipinski definition) is 5. The average molecular weight is 362 g/mol. The van der Waals surface area contributed by atoms with Gasteiger partial charge in [0.2, 0.25) is 0 Å². The van der Waals surface area contributed by atoms with E-state index in [1.807, 2.05) is 0 Å². The van der Waals surface area contributed by atoms with Crippen molar-refractivity contribution in [2.75, 3.05) is 12.3 Å². The molecule has 7 heteroatoms. The van der Waals surface area contributed by atoms with Gasteiger partial charge in [-0.25, -0.2) is 14.8 Å². The molecule has 2 N–H and O–H groups in total. The van der Waals surface area contributed by atoms with Crippen LogP contribution < -0.4 is 5.73 Å². The normalized spacial score (nSPS) is 10.8. The Morgan fingerprint density at radius 2 is 2.04 bits per heavy atom. The smallest absolute Gasteiger partial charge is 0.340 e. The number of hydrogen-bond donors (Lipinski definition) is 1. The molecule has 0 saturated carbocycles. The number of pyridine rings is 2. The third-order valence-electron chi connectivity index (χ3n) is 3.46. The molecule has 0 amide bonds. The Hall–Kier alpha value is -2.37. The van der Waals surface area contributed by atoms with Gasteiger partial charge in [0.25, 0.3) is 0 Å². The summed E-state index contributed by atoms with van der Waals surface area (Å²) < 4.78 is 5.04. The molecule has 0 atom stereocenters. The zero-order valence-corrected chi connectivity index (χ0v) is 14.2. The van der Waals surface area contributed by atoms with Gasteiger partial charge in [0.05, 0.1) is 22.9 Å². The highest BCUT2D eigenvalue weighted by atomic mass is 35.5. The quantitative estimate of drug-likeness (QED) is 0.701. The lowest BCUT2D eigenvalue weighted by Crippen LogP contribution is -2.08. The van der Waals surface area contributed by atoms with Gasteiger partial charge in [-0.05, 0) is 37.3 Å². The number of nitrogens with two attached hydrogens (primary N) is 1. The van der Waals surface area contributed by atoms with Crippen LogP contribution in [0.5, 0.6) is 0 Å². The van der Waals surface area contributed by atoms with Crippen LogP contribution in [0.4, 0.5) is 5.82 Å². The Morgan fingerprint density at radius 1 is 1.25 bits per heavy atom. The van der Waals surface area contributed by atoms with Gasteiger partial charge in [-0.2, -0.15) is 0 Å². The molecule has 0 aliphatic heterocycles. The van der Waals surface area contributed by atoms with E-state index < -0.39 is 5.97 Å². The minimum atomic E-state index is -0.464. The number of nitrogen functional groups attached to an aromatic ring is 1. The lowest BCUT2D eigenvalue weighted by atomic mass is 10.1. The van der Waals surface area contributed by atoms with Crippen molar-refractivity contribution in [3.05, 3.63) is 52.1 Å². The second-order valence-corrected chi connectivity index (χ2v) is 5.84. The summed E-state index contributed by atoms with van der Waals surface area (Å²) in [5, 5.41) is 1.59. The molecule has 0 bridgehead atoms. The number of rotatable bonds is 3. The van der Waals surface area contributed by atoms with E-state index in [1.54, 1.807) is 37.3 Å². The van der Waals surface area contributed by atoms with Crippen molar-refractivity contribution in [2.45, 2.75) is 6.92 Å². The van der Waals surface area contributed by atoms with Gasteiger partial charge in [0.15, 0.2) is 0 Å². The zero-order valence-electron chi connectivity index (χ0n) is 12.7. The minimum absolute atomic E-state index is 0.227. The lowest BCUT2D eigenvalue weighted by Gasteiger charge is -2.10. The van der Waals surface area contributed by atoms with E-state index in [9.17, 15) is 4.79 Å². The Morgan fingerprint density at radius 3 is 2.75 bits per heavy atom. The fourth-order valence-electron chi connectivity index (χ4n) is 2.36. The van der Waals surface area contributed by atoms with Gasteiger partial charge in [0.1, 0.15) is 11.3 Å². The van der Waals surface area contributed by atoms with E-state index in [1.165, 1.54) is 6.20 Å². The second-order valence-electron chi connectivity index (χ2n) is 4.99. The number of halogens is 2. The molecule has 0 radical (unpaired) electrons. The number of carbonyl (C=O) groups is 1. The van der Waals surface area contributed by atoms with Crippen LogP contribution >= 0.6 is 23.2 Å². The van der Waals surface area contributed by atoms with Crippen LogP contribution in [0.3, 0.4) is 0 Å². The monoisotopic (exact) mass is 361 g/mol. The van der Waals surface area contributed by atoms with Crippen molar-refractivity contribution in [1.82, 2.24) is 9.97 Å². The molecule has 0 unspecified atom stereocenters. The summed E-state index contributed by atoms with van der Waals surface area (Å²) in [6.07, 6.45) is 1.40. The summed E-state index contributed by atoms with van der Waals surface area (Å²) in [4.78, 5) is 20.6. The number of aromatic nitrogens is 2. The maximum Gasteiger partial charge on any atom is 0.340 e. The van der Waals surface area contributed by atoms with Crippen molar-refractivity contribution in [1.29, 1.82) is 0 Å². The molecule has 3 aromatic rings. The van der Waals surface area contributed by atoms with Crippen molar-refractivity contribution in [3.8, 4) is 11.3 Å². The van der Waals surface area contributed by atoms with Crippen molar-refractivity contribution >= 4 is 45.9 Å². The summed E-state index contributed by atoms with van der Waals surface area (Å²) in [7, 11) is 0. The molecule has 0 aliphatic rings. The average Bonchev–Trinajstić information content (AvgIpc) is 2.55. The first-order valence-corrected chi connectivity index (χ1v) is 7.94. The largest absolute Gasteiger partial charge is 0.462 e. The van der Waals surface area contributed by atoms with Crippen LogP contribution in [-0.4, -0.2) is 22.5 Å². The highest BCUT2D eigenvalue weighted by Crippen LogP contribution is 2.31. The fraction of sp³-hybridized carbons (Fsp3) is 0.118. The molecule has 2 heterocycles. The van der Waals surface area contributed by atoms with Crippen LogP contribution in [-0.2, 0) is 4.74 Å². The van der Waals surface area contributed by atoms with Gasteiger partial charge in [-0.1, -0.05) is 23.2 Å². The number of benzene rings is 1. The third-order valence-corrected chi connectivity index (χ3v) is 4.01. The number of ether oxygens (including phenoxy) is 1. The van der Waals surface area contributed by atoms with Crippen LogP contribution in [0.25, 0.3) is 22.2 Å². The first-order valence-electron chi connectivity index (χ1n) is 7.19. The summed E-state index contributed by atoms with van der Waals surface area (Å²) in [6, 6.07) is 8.66. The molecule has 0 aliphatic carbocycles. The van der Waals surface area contributed by atoms with Crippen molar-refractivity contribution in [2.24, 2.45) is 0 Å². The Kier molecular flexibility index (Phi) is 4.55. The molecular weight excluding hydrogens is 349 g/mol. The summed E-state index contributed by atoms with van der Waals surface area (Å²) in [5.74, 6) is -0.237. The molecular formula is C17H13Cl2N3O2. The molecule has 1 aromatic carbocycles. The molecule has 5 nitrogen and oxygen atoms in total. The van der Waals surface area contributed by atoms with Gasteiger partial charge >= 0.3 is 5.97 Å². The van der Waals surface area contributed by atoms with Crippen LogP contribution in [0.1, 0.15) is 17.3 Å². The highest BCUT2D eigenvalue weighted by Gasteiger charge is 2.16. The van der Waals surface area contributed by atoms with E-state index in [0.717, 1.165) is 0 Å². The molecule has 122 valence electrons. The van der Waals surface area contributed by atoms with Crippen molar-refractivity contribution < 1.29 is 9.53 Å². The van der Waals surface area contributed by atoms with E-state index in [2.05, 4.69) is 9.97 Å². The van der Waals surface area contributed by atoms with E-state index in [4.69, 9.17) is 33.7 Å². The van der Waals surface area contributed by atoms with Crippen LogP contribution in [0.15, 0.2) is 36.5 Å². The van der Waals surface area contributed by atoms with Gasteiger partial charge in [-0.3, -0.25) is 0 Å². The minimum Gasteiger partial charge on any atom is -0.462 e. The standard InChI is InChI=1S/C17H13Cl2N3O2/c1-2-24-17(23)12-8-21-16(20)15-10(12)5-6-14(22-15)11-4-3-9(18)7-13(11)19/h3-8H,2H2,1H3,(H2,20,21). The topological polar surface area (TPSA) is 78.1 Å². The van der Waals surface area contributed by atoms with Crippen LogP contribution in [0, 0.1) is 0 Å². The number of fused-ring (bicyclic) bond motifs is 1. The van der Waals surface area contributed by atoms with Crippen molar-refractivity contribution in [3.63, 3.8) is 0 Å². The summed E-state index contributed by atoms with van der Waals surface area (Å²) >= 11 is 12.2. The predicted molar refractivity (Wildman–Crippen MR) is 95.4 cm³/mol. The molecule has 0 saturated heterocycles.